The summed E-state index contributed by atoms with van der Waals surface area (Å²) in [6.07, 6.45) is 3.66. The Morgan fingerprint density at radius 1 is 1.03 bits per heavy atom. The molecule has 2 saturated heterocycles. The molecule has 1 aromatic rings. The first-order valence-corrected chi connectivity index (χ1v) is 12.2. The molecule has 5 rings (SSSR count). The number of amides is 3. The molecule has 0 aliphatic carbocycles. The van der Waals surface area contributed by atoms with Gasteiger partial charge in [0.15, 0.2) is 0 Å². The summed E-state index contributed by atoms with van der Waals surface area (Å²) in [6.45, 7) is 11.3. The molecule has 1 aromatic carbocycles. The van der Waals surface area contributed by atoms with Gasteiger partial charge in [-0.2, -0.15) is 0 Å². The number of piperidine rings is 1. The predicted molar refractivity (Wildman–Crippen MR) is 129 cm³/mol. The Morgan fingerprint density at radius 2 is 1.73 bits per heavy atom. The molecule has 3 amide bonds. The van der Waals surface area contributed by atoms with Crippen molar-refractivity contribution in [2.75, 3.05) is 51.2 Å². The van der Waals surface area contributed by atoms with E-state index in [1.165, 1.54) is 35.3 Å². The topological polar surface area (TPSA) is 62.5 Å². The van der Waals surface area contributed by atoms with Crippen LogP contribution in [0.2, 0.25) is 0 Å². The number of hydrogen-bond acceptors (Lipinski definition) is 5. The molecule has 4 aliphatic rings. The third-order valence-electron chi connectivity index (χ3n) is 7.24. The van der Waals surface area contributed by atoms with Gasteiger partial charge >= 0.3 is 12.0 Å². The third-order valence-corrected chi connectivity index (χ3v) is 7.24. The van der Waals surface area contributed by atoms with Crippen LogP contribution in [0.5, 0.6) is 0 Å². The highest BCUT2D eigenvalue weighted by Crippen LogP contribution is 2.29. The van der Waals surface area contributed by atoms with Gasteiger partial charge in [0.05, 0.1) is 13.1 Å². The van der Waals surface area contributed by atoms with Gasteiger partial charge in [0.2, 0.25) is 11.9 Å². The van der Waals surface area contributed by atoms with Crippen LogP contribution in [0.1, 0.15) is 37.3 Å². The SMILES string of the molecule is Cc1cc(C)cc(N2CC(C)C[N+]3=C2N=C2C3C(=O)N(CCN3CCCCC3)C(=O)N2C)c1. The summed E-state index contributed by atoms with van der Waals surface area (Å²) in [5.41, 5.74) is 3.49. The number of aryl methyl sites for hydroxylation is 2. The maximum Gasteiger partial charge on any atom is 0.397 e. The molecule has 176 valence electrons. The number of amidine groups is 1. The number of carbonyl (C=O) groups is 2. The molecule has 4 heterocycles. The monoisotopic (exact) mass is 451 g/mol. The Hall–Kier alpha value is -2.74. The highest BCUT2D eigenvalue weighted by Gasteiger charge is 2.55. The number of guanidine groups is 1. The Balaban J connectivity index is 1.45. The van der Waals surface area contributed by atoms with Crippen LogP contribution in [0, 0.1) is 19.8 Å². The smallest absolute Gasteiger partial charge is 0.302 e. The summed E-state index contributed by atoms with van der Waals surface area (Å²) in [5.74, 6) is 1.56. The van der Waals surface area contributed by atoms with E-state index in [1.54, 1.807) is 11.9 Å². The normalized spacial score (nSPS) is 26.1. The molecule has 2 atom stereocenters. The average Bonchev–Trinajstić information content (AvgIpc) is 3.16. The van der Waals surface area contributed by atoms with E-state index in [0.29, 0.717) is 18.3 Å². The van der Waals surface area contributed by atoms with Crippen LogP contribution in [-0.2, 0) is 4.79 Å². The second kappa shape index (κ2) is 8.56. The van der Waals surface area contributed by atoms with E-state index in [4.69, 9.17) is 4.99 Å². The van der Waals surface area contributed by atoms with Gasteiger partial charge < -0.3 is 4.90 Å². The van der Waals surface area contributed by atoms with Crippen molar-refractivity contribution in [3.05, 3.63) is 29.3 Å². The van der Waals surface area contributed by atoms with Gasteiger partial charge in [-0.05, 0) is 63.0 Å². The minimum atomic E-state index is -0.528. The van der Waals surface area contributed by atoms with E-state index < -0.39 is 6.04 Å². The number of anilines is 1. The van der Waals surface area contributed by atoms with Crippen molar-refractivity contribution in [3.63, 3.8) is 0 Å². The van der Waals surface area contributed by atoms with Crippen molar-refractivity contribution < 1.29 is 14.2 Å². The van der Waals surface area contributed by atoms with E-state index in [-0.39, 0.29) is 11.9 Å². The summed E-state index contributed by atoms with van der Waals surface area (Å²) in [6, 6.07) is 5.70. The third kappa shape index (κ3) is 3.94. The van der Waals surface area contributed by atoms with Gasteiger partial charge in [0.1, 0.15) is 5.69 Å². The highest BCUT2D eigenvalue weighted by atomic mass is 16.2. The number of aliphatic imine (C=N–C) groups is 1. The Labute approximate surface area is 196 Å². The largest absolute Gasteiger partial charge is 0.397 e. The fourth-order valence-electron chi connectivity index (χ4n) is 5.65. The summed E-state index contributed by atoms with van der Waals surface area (Å²) in [7, 11) is 1.75. The zero-order valence-corrected chi connectivity index (χ0v) is 20.3. The lowest BCUT2D eigenvalue weighted by atomic mass is 10.1. The molecule has 0 bridgehead atoms. The van der Waals surface area contributed by atoms with Gasteiger partial charge in [-0.1, -0.05) is 24.4 Å². The van der Waals surface area contributed by atoms with Gasteiger partial charge in [0, 0.05) is 26.1 Å². The summed E-state index contributed by atoms with van der Waals surface area (Å²) >= 11 is 0. The highest BCUT2D eigenvalue weighted by molar-refractivity contribution is 6.24. The van der Waals surface area contributed by atoms with Crippen LogP contribution >= 0.6 is 0 Å². The lowest BCUT2D eigenvalue weighted by Gasteiger charge is -2.36. The zero-order chi connectivity index (χ0) is 23.3. The first-order chi connectivity index (χ1) is 15.8. The molecule has 0 saturated carbocycles. The van der Waals surface area contributed by atoms with Crippen molar-refractivity contribution in [2.24, 2.45) is 10.9 Å². The van der Waals surface area contributed by atoms with Crippen molar-refractivity contribution in [1.82, 2.24) is 14.7 Å². The van der Waals surface area contributed by atoms with Gasteiger partial charge in [-0.15, -0.1) is 0 Å². The Morgan fingerprint density at radius 3 is 2.42 bits per heavy atom. The minimum Gasteiger partial charge on any atom is -0.302 e. The molecular formula is C25H35N6O2+. The van der Waals surface area contributed by atoms with Crippen LogP contribution in [0.25, 0.3) is 0 Å². The van der Waals surface area contributed by atoms with Crippen molar-refractivity contribution in [3.8, 4) is 0 Å². The number of fused-ring (bicyclic) bond motifs is 2. The van der Waals surface area contributed by atoms with Crippen LogP contribution in [0.4, 0.5) is 10.5 Å². The second-order valence-corrected chi connectivity index (χ2v) is 10.1. The number of nitrogens with zero attached hydrogens (tertiary/aromatic N) is 6. The summed E-state index contributed by atoms with van der Waals surface area (Å²) in [4.78, 5) is 39.3. The maximum absolute atomic E-state index is 13.7. The van der Waals surface area contributed by atoms with Crippen LogP contribution in [0.15, 0.2) is 23.2 Å². The number of rotatable bonds is 4. The molecule has 2 fully saturated rings. The molecule has 8 nitrogen and oxygen atoms in total. The van der Waals surface area contributed by atoms with E-state index in [2.05, 4.69) is 53.3 Å². The van der Waals surface area contributed by atoms with E-state index >= 15 is 0 Å². The summed E-state index contributed by atoms with van der Waals surface area (Å²) in [5, 5.41) is 0. The fourth-order valence-corrected chi connectivity index (χ4v) is 5.65. The molecule has 0 aromatic heterocycles. The Kier molecular flexibility index (Phi) is 5.72. The number of likely N-dealkylation sites (N-methyl/N-ethyl adjacent to an activating group) is 1. The number of likely N-dealkylation sites (tertiary alicyclic amines) is 1. The van der Waals surface area contributed by atoms with Crippen molar-refractivity contribution in [1.29, 1.82) is 0 Å². The van der Waals surface area contributed by atoms with Gasteiger partial charge in [-0.25, -0.2) is 14.3 Å². The summed E-state index contributed by atoms with van der Waals surface area (Å²) < 4.78 is 2.11. The molecular weight excluding hydrogens is 416 g/mol. The maximum atomic E-state index is 13.7. The molecule has 4 aliphatic heterocycles. The van der Waals surface area contributed by atoms with Gasteiger partial charge in [-0.3, -0.25) is 14.6 Å². The van der Waals surface area contributed by atoms with E-state index in [0.717, 1.165) is 44.4 Å². The predicted octanol–water partition coefficient (Wildman–Crippen LogP) is 2.29. The minimum absolute atomic E-state index is 0.140. The first-order valence-electron chi connectivity index (χ1n) is 12.2. The molecule has 0 radical (unpaired) electrons. The molecule has 33 heavy (non-hydrogen) atoms. The first kappa shape index (κ1) is 22.1. The molecule has 0 spiro atoms. The molecule has 2 unspecified atom stereocenters. The standard InChI is InChI=1S/C25H35N6O2/c1-17-12-18(2)14-20(13-17)30-15-19(3)16-31-21-22(26-24(30)31)27(4)25(33)29(23(21)32)11-10-28-8-6-5-7-9-28/h12-14,19,21H,5-11,15-16H2,1-4H3/q+1. The second-order valence-electron chi connectivity index (χ2n) is 10.1. The molecule has 0 N–H and O–H groups in total. The number of benzene rings is 1. The lowest BCUT2D eigenvalue weighted by Crippen LogP contribution is -2.64. The van der Waals surface area contributed by atoms with Crippen molar-refractivity contribution >= 4 is 29.4 Å². The average molecular weight is 452 g/mol. The number of carbonyl (C=O) groups excluding carboxylic acids is 2. The van der Waals surface area contributed by atoms with Crippen LogP contribution in [-0.4, -0.2) is 95.4 Å². The van der Waals surface area contributed by atoms with Crippen molar-refractivity contribution in [2.45, 2.75) is 46.1 Å². The number of imide groups is 1. The number of hydrogen-bond donors (Lipinski definition) is 0. The van der Waals surface area contributed by atoms with E-state index in [1.807, 2.05) is 0 Å². The fraction of sp³-hybridized carbons (Fsp3) is 0.600. The van der Waals surface area contributed by atoms with Crippen LogP contribution < -0.4 is 4.90 Å². The Bertz CT molecular complexity index is 1020. The molecule has 8 heteroatoms. The van der Waals surface area contributed by atoms with Crippen LogP contribution in [0.3, 0.4) is 0 Å². The zero-order valence-electron chi connectivity index (χ0n) is 20.3. The van der Waals surface area contributed by atoms with Gasteiger partial charge in [0.25, 0.3) is 5.91 Å². The van der Waals surface area contributed by atoms with E-state index in [9.17, 15) is 9.59 Å². The lowest BCUT2D eigenvalue weighted by molar-refractivity contribution is -0.545. The quantitative estimate of drug-likeness (QED) is 0.659. The number of urea groups is 1.